The van der Waals surface area contributed by atoms with Crippen LogP contribution in [0.1, 0.15) is 6.42 Å². The Kier molecular flexibility index (Phi) is 1.24. The number of amides is 2. The first-order chi connectivity index (χ1) is 5.29. The summed E-state index contributed by atoms with van der Waals surface area (Å²) in [6.07, 6.45) is 6.94. The van der Waals surface area contributed by atoms with E-state index in [-0.39, 0.29) is 12.1 Å². The number of hydrogen-bond donors (Lipinski definition) is 1. The molecule has 0 saturated carbocycles. The van der Waals surface area contributed by atoms with E-state index >= 15 is 0 Å². The van der Waals surface area contributed by atoms with E-state index in [1.165, 1.54) is 0 Å². The molecular weight excluding hydrogens is 140 g/mol. The van der Waals surface area contributed by atoms with Gasteiger partial charge in [-0.2, -0.15) is 0 Å². The molecule has 1 fully saturated rings. The third-order valence-corrected chi connectivity index (χ3v) is 2.17. The molecule has 0 aromatic rings. The number of hydrogen-bond acceptors (Lipinski definition) is 1. The summed E-state index contributed by atoms with van der Waals surface area (Å²) in [6.45, 7) is 0. The van der Waals surface area contributed by atoms with Gasteiger partial charge in [0.05, 0.1) is 6.04 Å². The summed E-state index contributed by atoms with van der Waals surface area (Å²) in [4.78, 5) is 12.8. The highest BCUT2D eigenvalue weighted by atomic mass is 16.2. The summed E-state index contributed by atoms with van der Waals surface area (Å²) in [7, 11) is 1.82. The molecule has 0 aromatic carbocycles. The number of urea groups is 1. The van der Waals surface area contributed by atoms with E-state index < -0.39 is 0 Å². The third kappa shape index (κ3) is 0.843. The second kappa shape index (κ2) is 2.12. The third-order valence-electron chi connectivity index (χ3n) is 2.17. The van der Waals surface area contributed by atoms with Crippen LogP contribution in [0.15, 0.2) is 23.9 Å². The van der Waals surface area contributed by atoms with Crippen molar-refractivity contribution in [2.24, 2.45) is 0 Å². The summed E-state index contributed by atoms with van der Waals surface area (Å²) in [6, 6.07) is 0.262. The van der Waals surface area contributed by atoms with Crippen molar-refractivity contribution >= 4 is 6.03 Å². The molecule has 1 aliphatic heterocycles. The number of likely N-dealkylation sites (N-methyl/N-ethyl adjacent to an activating group) is 1. The fraction of sp³-hybridized carbons (Fsp3) is 0.375. The van der Waals surface area contributed by atoms with Gasteiger partial charge in [0, 0.05) is 12.7 Å². The molecule has 3 heteroatoms. The van der Waals surface area contributed by atoms with Gasteiger partial charge >= 0.3 is 6.03 Å². The molecule has 1 N–H and O–H groups in total. The van der Waals surface area contributed by atoms with E-state index in [0.717, 1.165) is 12.1 Å². The van der Waals surface area contributed by atoms with Crippen LogP contribution in [-0.4, -0.2) is 24.0 Å². The molecule has 58 valence electrons. The average Bonchev–Trinajstić information content (AvgIpc) is 2.30. The van der Waals surface area contributed by atoms with Gasteiger partial charge in [0.1, 0.15) is 0 Å². The second-order valence-electron chi connectivity index (χ2n) is 2.84. The minimum absolute atomic E-state index is 0.00458. The van der Waals surface area contributed by atoms with Gasteiger partial charge in [-0.05, 0) is 12.5 Å². The molecule has 2 rings (SSSR count). The zero-order chi connectivity index (χ0) is 7.84. The first-order valence-corrected chi connectivity index (χ1v) is 3.69. The Hall–Kier alpha value is -1.25. The smallest absolute Gasteiger partial charge is 0.319 e. The first kappa shape index (κ1) is 6.46. The van der Waals surface area contributed by atoms with E-state index in [4.69, 9.17) is 0 Å². The standard InChI is InChI=1S/C8H10N2O/c1-10-7-5-3-2-4-6(7)9-8(10)11/h2-4,7H,5H2,1H3,(H,9,11)/t7-/m0/s1. The van der Waals surface area contributed by atoms with Crippen LogP contribution in [0.3, 0.4) is 0 Å². The molecule has 3 nitrogen and oxygen atoms in total. The van der Waals surface area contributed by atoms with Gasteiger partial charge in [0.2, 0.25) is 0 Å². The molecule has 0 aromatic heterocycles. The minimum Gasteiger partial charge on any atom is -0.319 e. The van der Waals surface area contributed by atoms with E-state index in [0.29, 0.717) is 0 Å². The molecule has 0 unspecified atom stereocenters. The molecule has 2 amide bonds. The molecule has 1 atom stereocenters. The molecule has 0 bridgehead atoms. The lowest BCUT2D eigenvalue weighted by atomic mass is 10.1. The summed E-state index contributed by atoms with van der Waals surface area (Å²) < 4.78 is 0. The maximum Gasteiger partial charge on any atom is 0.321 e. The van der Waals surface area contributed by atoms with Gasteiger partial charge in [-0.15, -0.1) is 0 Å². The second-order valence-corrected chi connectivity index (χ2v) is 2.84. The lowest BCUT2D eigenvalue weighted by Crippen LogP contribution is -2.29. The van der Waals surface area contributed by atoms with Crippen LogP contribution in [0.2, 0.25) is 0 Å². The molecule has 2 aliphatic rings. The molecule has 11 heavy (non-hydrogen) atoms. The number of rotatable bonds is 0. The van der Waals surface area contributed by atoms with Crippen molar-refractivity contribution in [2.75, 3.05) is 7.05 Å². The Morgan fingerprint density at radius 3 is 3.27 bits per heavy atom. The lowest BCUT2D eigenvalue weighted by molar-refractivity contribution is 0.217. The van der Waals surface area contributed by atoms with Crippen molar-refractivity contribution in [1.82, 2.24) is 10.2 Å². The summed E-state index contributed by atoms with van der Waals surface area (Å²) in [5, 5.41) is 2.80. The lowest BCUT2D eigenvalue weighted by Gasteiger charge is -2.18. The monoisotopic (exact) mass is 150 g/mol. The average molecular weight is 150 g/mol. The van der Waals surface area contributed by atoms with Crippen LogP contribution in [0.5, 0.6) is 0 Å². The maximum atomic E-state index is 11.1. The maximum absolute atomic E-state index is 11.1. The first-order valence-electron chi connectivity index (χ1n) is 3.69. The minimum atomic E-state index is 0.00458. The molecular formula is C8H10N2O. The van der Waals surface area contributed by atoms with Crippen LogP contribution in [0.4, 0.5) is 4.79 Å². The van der Waals surface area contributed by atoms with Crippen molar-refractivity contribution in [1.29, 1.82) is 0 Å². The zero-order valence-corrected chi connectivity index (χ0v) is 6.37. The largest absolute Gasteiger partial charge is 0.321 e. The van der Waals surface area contributed by atoms with Crippen LogP contribution in [0.25, 0.3) is 0 Å². The van der Waals surface area contributed by atoms with Crippen LogP contribution < -0.4 is 5.32 Å². The van der Waals surface area contributed by atoms with Gasteiger partial charge in [-0.1, -0.05) is 12.2 Å². The molecule has 0 radical (unpaired) electrons. The highest BCUT2D eigenvalue weighted by Gasteiger charge is 2.31. The van der Waals surface area contributed by atoms with Gasteiger partial charge in [0.25, 0.3) is 0 Å². The van der Waals surface area contributed by atoms with E-state index in [9.17, 15) is 4.79 Å². The highest BCUT2D eigenvalue weighted by molar-refractivity contribution is 5.80. The number of fused-ring (bicyclic) bond motifs is 1. The van der Waals surface area contributed by atoms with E-state index in [2.05, 4.69) is 11.4 Å². The van der Waals surface area contributed by atoms with Gasteiger partial charge in [-0.25, -0.2) is 4.79 Å². The number of nitrogens with one attached hydrogen (secondary N) is 1. The normalized spacial score (nSPS) is 28.1. The summed E-state index contributed by atoms with van der Waals surface area (Å²) in [5.74, 6) is 0. The topological polar surface area (TPSA) is 32.3 Å². The molecule has 1 saturated heterocycles. The fourth-order valence-electron chi connectivity index (χ4n) is 1.46. The summed E-state index contributed by atoms with van der Waals surface area (Å²) in [5.41, 5.74) is 1.03. The van der Waals surface area contributed by atoms with Crippen LogP contribution >= 0.6 is 0 Å². The number of nitrogens with zero attached hydrogens (tertiary/aromatic N) is 1. The van der Waals surface area contributed by atoms with E-state index in [1.807, 2.05) is 19.2 Å². The molecule has 1 aliphatic carbocycles. The number of carbonyl (C=O) groups excluding carboxylic acids is 1. The van der Waals surface area contributed by atoms with Crippen molar-refractivity contribution < 1.29 is 4.79 Å². The van der Waals surface area contributed by atoms with Gasteiger partial charge in [0.15, 0.2) is 0 Å². The molecule has 1 heterocycles. The Morgan fingerprint density at radius 1 is 1.73 bits per heavy atom. The number of carbonyl (C=O) groups is 1. The quantitative estimate of drug-likeness (QED) is 0.545. The SMILES string of the molecule is CN1C(=O)NC2=CC=CC[C@@H]21. The van der Waals surface area contributed by atoms with Crippen LogP contribution in [0, 0.1) is 0 Å². The Balaban J connectivity index is 2.30. The van der Waals surface area contributed by atoms with Crippen molar-refractivity contribution in [3.8, 4) is 0 Å². The summed E-state index contributed by atoms with van der Waals surface area (Å²) >= 11 is 0. The Morgan fingerprint density at radius 2 is 2.55 bits per heavy atom. The fourth-order valence-corrected chi connectivity index (χ4v) is 1.46. The predicted molar refractivity (Wildman–Crippen MR) is 41.9 cm³/mol. The van der Waals surface area contributed by atoms with Gasteiger partial charge < -0.3 is 10.2 Å². The van der Waals surface area contributed by atoms with Gasteiger partial charge in [-0.3, -0.25) is 0 Å². The van der Waals surface area contributed by atoms with Crippen molar-refractivity contribution in [3.05, 3.63) is 23.9 Å². The van der Waals surface area contributed by atoms with Crippen molar-refractivity contribution in [3.63, 3.8) is 0 Å². The van der Waals surface area contributed by atoms with Crippen molar-refractivity contribution in [2.45, 2.75) is 12.5 Å². The number of allylic oxidation sites excluding steroid dienone is 2. The van der Waals surface area contributed by atoms with Crippen LogP contribution in [-0.2, 0) is 0 Å². The predicted octanol–water partition coefficient (Wildman–Crippen LogP) is 0.854. The zero-order valence-electron chi connectivity index (χ0n) is 6.37. The highest BCUT2D eigenvalue weighted by Crippen LogP contribution is 2.21. The Bertz CT molecular complexity index is 255. The molecule has 0 spiro atoms. The van der Waals surface area contributed by atoms with E-state index in [1.54, 1.807) is 4.90 Å². The Labute approximate surface area is 65.4 Å².